The predicted molar refractivity (Wildman–Crippen MR) is 216 cm³/mol. The van der Waals surface area contributed by atoms with E-state index in [4.69, 9.17) is 4.98 Å². The molecule has 0 unspecified atom stereocenters. The van der Waals surface area contributed by atoms with E-state index in [1.807, 2.05) is 33.9 Å². The Hall–Kier alpha value is -3.33. The van der Waals surface area contributed by atoms with E-state index in [1.54, 1.807) is 0 Å². The number of nitrogens with zero attached hydrogens (tertiary/aromatic N) is 1. The Balaban J connectivity index is 0.000000374. The van der Waals surface area contributed by atoms with Gasteiger partial charge in [-0.15, -0.1) is 34.9 Å². The summed E-state index contributed by atoms with van der Waals surface area (Å²) in [5, 5.41) is 17.6. The number of fused-ring (bicyclic) bond motifs is 5. The first-order valence-electron chi connectivity index (χ1n) is 19.1. The van der Waals surface area contributed by atoms with E-state index in [1.165, 1.54) is 55.1 Å². The largest absolute Gasteiger partial charge is 0.512 e. The zero-order chi connectivity index (χ0) is 36.5. The number of benzene rings is 4. The van der Waals surface area contributed by atoms with Crippen molar-refractivity contribution in [2.75, 3.05) is 0 Å². The Kier molecular flexibility index (Phi) is 16.1. The topological polar surface area (TPSA) is 50.2 Å². The van der Waals surface area contributed by atoms with Crippen molar-refractivity contribution in [1.82, 2.24) is 4.98 Å². The van der Waals surface area contributed by atoms with E-state index in [2.05, 4.69) is 108 Å². The maximum atomic E-state index is 11.7. The van der Waals surface area contributed by atoms with Gasteiger partial charge in [0.2, 0.25) is 0 Å². The van der Waals surface area contributed by atoms with Gasteiger partial charge in [0.05, 0.1) is 5.76 Å². The summed E-state index contributed by atoms with van der Waals surface area (Å²) in [5.41, 5.74) is 6.24. The van der Waals surface area contributed by atoms with Crippen molar-refractivity contribution in [3.63, 3.8) is 0 Å². The number of rotatable bonds is 13. The number of hydrogen-bond donors (Lipinski definition) is 1. The fourth-order valence-electron chi connectivity index (χ4n) is 7.31. The van der Waals surface area contributed by atoms with Gasteiger partial charge >= 0.3 is 0 Å². The molecule has 1 N–H and O–H groups in total. The molecule has 0 amide bonds. The monoisotopic (exact) mass is 863 g/mol. The van der Waals surface area contributed by atoms with E-state index in [-0.39, 0.29) is 43.5 Å². The summed E-state index contributed by atoms with van der Waals surface area (Å²) in [4.78, 5) is 16.6. The molecule has 0 aliphatic heterocycles. The van der Waals surface area contributed by atoms with Crippen molar-refractivity contribution < 1.29 is 30.0 Å². The smallest absolute Gasteiger partial charge is 0.162 e. The third kappa shape index (κ3) is 10.4. The van der Waals surface area contributed by atoms with Gasteiger partial charge in [0, 0.05) is 44.2 Å². The molecule has 0 bridgehead atoms. The van der Waals surface area contributed by atoms with Crippen molar-refractivity contribution in [3.05, 3.63) is 101 Å². The summed E-state index contributed by atoms with van der Waals surface area (Å²) in [6.45, 7) is 21.8. The Morgan fingerprint density at radius 1 is 0.706 bits per heavy atom. The number of hydrogen-bond acceptors (Lipinski definition) is 3. The molecule has 1 aromatic heterocycles. The first kappa shape index (κ1) is 42.1. The summed E-state index contributed by atoms with van der Waals surface area (Å²) in [6, 6.07) is 26.4. The van der Waals surface area contributed by atoms with Crippen LogP contribution in [0.5, 0.6) is 0 Å². The van der Waals surface area contributed by atoms with Crippen molar-refractivity contribution in [1.29, 1.82) is 0 Å². The number of ketones is 1. The number of carbonyl (C=O) groups excluding carboxylic acids is 1. The molecule has 0 saturated carbocycles. The average Bonchev–Trinajstić information content (AvgIpc) is 3.08. The van der Waals surface area contributed by atoms with Crippen LogP contribution < -0.4 is 0 Å². The summed E-state index contributed by atoms with van der Waals surface area (Å²) in [6.07, 6.45) is 9.00. The fourth-order valence-corrected chi connectivity index (χ4v) is 7.31. The quantitative estimate of drug-likeness (QED) is 0.0555. The maximum Gasteiger partial charge on any atom is 0.162 e. The normalized spacial score (nSPS) is 12.0. The third-order valence-electron chi connectivity index (χ3n) is 10.0. The molecular weight excluding hydrogens is 803 g/mol. The molecule has 0 spiro atoms. The SMILES string of the molecule is CC(C)Cc1[c-]c(-c2nccc3c2ccc2c4ccccc4c(C(C)C)cc32)cc(CC(C)C)c1.CCC(CC)C(=O)/C=C(\O)C(CC)CC.[Ir]. The van der Waals surface area contributed by atoms with Crippen molar-refractivity contribution >= 4 is 38.1 Å². The average molecular weight is 863 g/mol. The molecule has 0 aliphatic carbocycles. The molecule has 0 saturated heterocycles. The molecular formula is C47H60IrNO2-. The molecule has 4 aromatic carbocycles. The fraction of sp³-hybridized carbons (Fsp3) is 0.447. The number of aromatic nitrogens is 1. The first-order chi connectivity index (χ1) is 23.9. The van der Waals surface area contributed by atoms with Crippen LogP contribution in [0.3, 0.4) is 0 Å². The van der Waals surface area contributed by atoms with Crippen LogP contribution in [-0.2, 0) is 37.7 Å². The van der Waals surface area contributed by atoms with Gasteiger partial charge in [-0.3, -0.25) is 4.79 Å². The minimum absolute atomic E-state index is 0. The Labute approximate surface area is 321 Å². The predicted octanol–water partition coefficient (Wildman–Crippen LogP) is 13.4. The Morgan fingerprint density at radius 3 is 1.86 bits per heavy atom. The second-order valence-corrected chi connectivity index (χ2v) is 15.2. The van der Waals surface area contributed by atoms with Gasteiger partial charge in [-0.1, -0.05) is 106 Å². The standard InChI is InChI=1S/C34H36N.C13H24O2.Ir/c1-21(2)15-24-17-25(16-22(3)4)19-26(18-24)34-31-12-11-29-27-9-7-8-10-28(27)32(23(5)6)20-33(29)30(31)13-14-35-34;1-5-10(6-2)12(14)9-13(15)11(7-3)8-4;/h7-14,17-18,20-23H,15-16H2,1-6H3;9-11,14H,5-8H2,1-4H3;/q-1;;/b;12-9-;. The maximum absolute atomic E-state index is 11.7. The van der Waals surface area contributed by atoms with Crippen LogP contribution in [0.1, 0.15) is 118 Å². The number of allylic oxidation sites excluding steroid dienone is 2. The van der Waals surface area contributed by atoms with Crippen LogP contribution in [0, 0.1) is 29.7 Å². The number of aliphatic hydroxyl groups is 1. The first-order valence-corrected chi connectivity index (χ1v) is 19.1. The van der Waals surface area contributed by atoms with Gasteiger partial charge in [-0.25, -0.2) is 0 Å². The molecule has 1 heterocycles. The molecule has 4 heteroatoms. The minimum atomic E-state index is 0. The molecule has 5 aromatic rings. The van der Waals surface area contributed by atoms with E-state index >= 15 is 0 Å². The van der Waals surface area contributed by atoms with Crippen molar-refractivity contribution in [2.45, 2.75) is 114 Å². The Bertz CT molecular complexity index is 1900. The van der Waals surface area contributed by atoms with Gasteiger partial charge in [-0.2, -0.15) is 0 Å². The van der Waals surface area contributed by atoms with Crippen LogP contribution in [-0.4, -0.2) is 15.9 Å². The zero-order valence-corrected chi connectivity index (χ0v) is 35.1. The van der Waals surface area contributed by atoms with Crippen molar-refractivity contribution in [2.24, 2.45) is 23.7 Å². The van der Waals surface area contributed by atoms with Gasteiger partial charge in [0.1, 0.15) is 0 Å². The Morgan fingerprint density at radius 2 is 1.27 bits per heavy atom. The molecule has 1 radical (unpaired) electrons. The number of aliphatic hydroxyl groups excluding tert-OH is 1. The number of pyridine rings is 1. The number of carbonyl (C=O) groups is 1. The van der Waals surface area contributed by atoms with Crippen molar-refractivity contribution in [3.8, 4) is 11.3 Å². The minimum Gasteiger partial charge on any atom is -0.512 e. The molecule has 3 nitrogen and oxygen atoms in total. The van der Waals surface area contributed by atoms with E-state index < -0.39 is 0 Å². The summed E-state index contributed by atoms with van der Waals surface area (Å²) in [5.74, 6) is 2.22. The van der Waals surface area contributed by atoms with E-state index in [9.17, 15) is 9.90 Å². The third-order valence-corrected chi connectivity index (χ3v) is 10.0. The van der Waals surface area contributed by atoms with Crippen LogP contribution in [0.4, 0.5) is 0 Å². The van der Waals surface area contributed by atoms with Gasteiger partial charge < -0.3 is 10.1 Å². The molecule has 51 heavy (non-hydrogen) atoms. The van der Waals surface area contributed by atoms with Gasteiger partial charge in [0.25, 0.3) is 0 Å². The second kappa shape index (κ2) is 19.5. The molecule has 0 atom stereocenters. The molecule has 5 rings (SSSR count). The summed E-state index contributed by atoms with van der Waals surface area (Å²) >= 11 is 0. The van der Waals surface area contributed by atoms with Crippen LogP contribution in [0.25, 0.3) is 43.6 Å². The molecule has 0 aliphatic rings. The molecule has 275 valence electrons. The summed E-state index contributed by atoms with van der Waals surface area (Å²) in [7, 11) is 0. The van der Waals surface area contributed by atoms with E-state index in [0.717, 1.165) is 49.8 Å². The van der Waals surface area contributed by atoms with Gasteiger partial charge in [-0.05, 0) is 112 Å². The van der Waals surface area contributed by atoms with Crippen LogP contribution in [0.2, 0.25) is 0 Å². The van der Waals surface area contributed by atoms with E-state index in [0.29, 0.717) is 17.8 Å². The molecule has 0 fully saturated rings. The van der Waals surface area contributed by atoms with Crippen LogP contribution >= 0.6 is 0 Å². The zero-order valence-electron chi connectivity index (χ0n) is 32.7. The second-order valence-electron chi connectivity index (χ2n) is 15.2. The summed E-state index contributed by atoms with van der Waals surface area (Å²) < 4.78 is 0. The van der Waals surface area contributed by atoms with Gasteiger partial charge in [0.15, 0.2) is 5.78 Å². The van der Waals surface area contributed by atoms with Crippen LogP contribution in [0.15, 0.2) is 78.7 Å².